The number of ketones is 1. The van der Waals surface area contributed by atoms with Gasteiger partial charge in [-0.2, -0.15) is 0 Å². The molecule has 0 aliphatic carbocycles. The molecule has 8 heteroatoms. The van der Waals surface area contributed by atoms with Gasteiger partial charge in [0.25, 0.3) is 0 Å². The Morgan fingerprint density at radius 3 is 2.67 bits per heavy atom. The summed E-state index contributed by atoms with van der Waals surface area (Å²) in [5.74, 6) is -1.18. The number of rotatable bonds is 5. The van der Waals surface area contributed by atoms with Crippen molar-refractivity contribution < 1.29 is 23.9 Å². The molecule has 2 heterocycles. The summed E-state index contributed by atoms with van der Waals surface area (Å²) in [6.07, 6.45) is 2.05. The molecule has 2 aromatic carbocycles. The molecule has 1 saturated heterocycles. The standard InChI is InChI=1S/C22H19ClN2O5/c23-15-5-6-16(18(11-15)25-9-1-2-21(25)28)22(29)30-12-19(26)14-3-7-17-13(10-14)4-8-20(27)24-17/h3,5-7,10-11H,1-2,4,8-9,12H2,(H,24,27). The van der Waals surface area contributed by atoms with E-state index in [0.717, 1.165) is 5.56 Å². The molecule has 0 unspecified atom stereocenters. The molecule has 7 nitrogen and oxygen atoms in total. The molecular weight excluding hydrogens is 408 g/mol. The van der Waals surface area contributed by atoms with E-state index in [0.29, 0.717) is 54.2 Å². The predicted octanol–water partition coefficient (Wildman–Crippen LogP) is 3.39. The minimum Gasteiger partial charge on any atom is -0.454 e. The molecule has 154 valence electrons. The first-order valence-corrected chi connectivity index (χ1v) is 10.0. The number of Topliss-reactive ketones (excluding diaryl/α,β-unsaturated/α-hetero) is 1. The zero-order chi connectivity index (χ0) is 21.3. The molecule has 4 rings (SSSR count). The first kappa shape index (κ1) is 20.1. The van der Waals surface area contributed by atoms with Crippen LogP contribution in [0.2, 0.25) is 5.02 Å². The van der Waals surface area contributed by atoms with Crippen molar-refractivity contribution in [3.05, 3.63) is 58.1 Å². The Bertz CT molecular complexity index is 1070. The van der Waals surface area contributed by atoms with Gasteiger partial charge in [-0.25, -0.2) is 4.79 Å². The average molecular weight is 427 g/mol. The largest absolute Gasteiger partial charge is 0.454 e. The van der Waals surface area contributed by atoms with Crippen LogP contribution >= 0.6 is 11.6 Å². The number of anilines is 2. The number of ether oxygens (including phenoxy) is 1. The van der Waals surface area contributed by atoms with Crippen LogP contribution in [-0.2, 0) is 20.7 Å². The molecule has 0 aromatic heterocycles. The topological polar surface area (TPSA) is 92.8 Å². The van der Waals surface area contributed by atoms with Gasteiger partial charge in [0.2, 0.25) is 11.8 Å². The van der Waals surface area contributed by atoms with Crippen molar-refractivity contribution in [1.29, 1.82) is 0 Å². The number of halogens is 1. The molecule has 2 aromatic rings. The Morgan fingerprint density at radius 2 is 1.90 bits per heavy atom. The second-order valence-corrected chi connectivity index (χ2v) is 7.67. The molecule has 1 fully saturated rings. The summed E-state index contributed by atoms with van der Waals surface area (Å²) in [5.41, 5.74) is 2.56. The predicted molar refractivity (Wildman–Crippen MR) is 111 cm³/mol. The maximum absolute atomic E-state index is 12.6. The molecule has 2 aliphatic heterocycles. The molecule has 0 bridgehead atoms. The van der Waals surface area contributed by atoms with E-state index in [4.69, 9.17) is 16.3 Å². The van der Waals surface area contributed by atoms with Crippen molar-refractivity contribution >= 4 is 46.5 Å². The van der Waals surface area contributed by atoms with Crippen molar-refractivity contribution in [3.63, 3.8) is 0 Å². The fourth-order valence-electron chi connectivity index (χ4n) is 3.65. The fraction of sp³-hybridized carbons (Fsp3) is 0.273. The summed E-state index contributed by atoms with van der Waals surface area (Å²) >= 11 is 6.05. The zero-order valence-electron chi connectivity index (χ0n) is 16.1. The van der Waals surface area contributed by atoms with Gasteiger partial charge in [-0.05, 0) is 54.8 Å². The van der Waals surface area contributed by atoms with Gasteiger partial charge in [-0.1, -0.05) is 11.6 Å². The number of esters is 1. The molecule has 30 heavy (non-hydrogen) atoms. The number of amides is 2. The van der Waals surface area contributed by atoms with E-state index in [2.05, 4.69) is 5.32 Å². The van der Waals surface area contributed by atoms with Crippen LogP contribution in [0, 0.1) is 0 Å². The summed E-state index contributed by atoms with van der Waals surface area (Å²) in [5, 5.41) is 3.16. The Balaban J connectivity index is 1.47. The monoisotopic (exact) mass is 426 g/mol. The number of aryl methyl sites for hydroxylation is 1. The van der Waals surface area contributed by atoms with Gasteiger partial charge >= 0.3 is 5.97 Å². The van der Waals surface area contributed by atoms with Crippen LogP contribution in [0.5, 0.6) is 0 Å². The van der Waals surface area contributed by atoms with Crippen LogP contribution in [0.4, 0.5) is 11.4 Å². The summed E-state index contributed by atoms with van der Waals surface area (Å²) in [6.45, 7) is 0.0735. The summed E-state index contributed by atoms with van der Waals surface area (Å²) < 4.78 is 5.24. The smallest absolute Gasteiger partial charge is 0.340 e. The summed E-state index contributed by atoms with van der Waals surface area (Å²) in [4.78, 5) is 50.2. The lowest BCUT2D eigenvalue weighted by atomic mass is 9.99. The number of hydrogen-bond acceptors (Lipinski definition) is 5. The number of nitrogens with zero attached hydrogens (tertiary/aromatic N) is 1. The van der Waals surface area contributed by atoms with E-state index in [1.807, 2.05) is 0 Å². The molecule has 2 amide bonds. The molecular formula is C22H19ClN2O5. The molecule has 0 spiro atoms. The Kier molecular flexibility index (Phi) is 5.55. The third kappa shape index (κ3) is 4.07. The lowest BCUT2D eigenvalue weighted by molar-refractivity contribution is -0.117. The van der Waals surface area contributed by atoms with Crippen LogP contribution in [0.1, 0.15) is 45.5 Å². The minimum absolute atomic E-state index is 0.0502. The van der Waals surface area contributed by atoms with Gasteiger partial charge < -0.3 is 15.0 Å². The van der Waals surface area contributed by atoms with E-state index >= 15 is 0 Å². The highest BCUT2D eigenvalue weighted by atomic mass is 35.5. The highest BCUT2D eigenvalue weighted by molar-refractivity contribution is 6.31. The van der Waals surface area contributed by atoms with E-state index in [-0.39, 0.29) is 23.2 Å². The number of hydrogen-bond donors (Lipinski definition) is 1. The molecule has 0 radical (unpaired) electrons. The number of carbonyl (C=O) groups excluding carboxylic acids is 4. The van der Waals surface area contributed by atoms with Crippen molar-refractivity contribution in [1.82, 2.24) is 0 Å². The Morgan fingerprint density at radius 1 is 1.07 bits per heavy atom. The van der Waals surface area contributed by atoms with Crippen molar-refractivity contribution in [2.24, 2.45) is 0 Å². The van der Waals surface area contributed by atoms with E-state index in [1.165, 1.54) is 11.0 Å². The van der Waals surface area contributed by atoms with Gasteiger partial charge in [-0.15, -0.1) is 0 Å². The third-order valence-electron chi connectivity index (χ3n) is 5.20. The molecule has 0 saturated carbocycles. The van der Waals surface area contributed by atoms with E-state index in [9.17, 15) is 19.2 Å². The van der Waals surface area contributed by atoms with Crippen molar-refractivity contribution in [2.75, 3.05) is 23.4 Å². The first-order valence-electron chi connectivity index (χ1n) is 9.65. The quantitative estimate of drug-likeness (QED) is 0.584. The molecule has 1 N–H and O–H groups in total. The number of fused-ring (bicyclic) bond motifs is 1. The lowest BCUT2D eigenvalue weighted by Gasteiger charge is -2.19. The summed E-state index contributed by atoms with van der Waals surface area (Å²) in [6, 6.07) is 9.58. The van der Waals surface area contributed by atoms with Crippen LogP contribution in [0.15, 0.2) is 36.4 Å². The van der Waals surface area contributed by atoms with Crippen molar-refractivity contribution in [2.45, 2.75) is 25.7 Å². The fourth-order valence-corrected chi connectivity index (χ4v) is 3.82. The Hall–Kier alpha value is -3.19. The molecule has 0 atom stereocenters. The zero-order valence-corrected chi connectivity index (χ0v) is 16.8. The van der Waals surface area contributed by atoms with E-state index in [1.54, 1.807) is 30.3 Å². The minimum atomic E-state index is -0.694. The van der Waals surface area contributed by atoms with E-state index < -0.39 is 12.6 Å². The maximum atomic E-state index is 12.6. The second kappa shape index (κ2) is 8.28. The van der Waals surface area contributed by atoms with Crippen LogP contribution in [0.25, 0.3) is 0 Å². The van der Waals surface area contributed by atoms with Crippen LogP contribution < -0.4 is 10.2 Å². The Labute approximate surface area is 177 Å². The number of nitrogens with one attached hydrogen (secondary N) is 1. The van der Waals surface area contributed by atoms with Gasteiger partial charge in [0.1, 0.15) is 0 Å². The number of benzene rings is 2. The SMILES string of the molecule is O=C1CCc2cc(C(=O)COC(=O)c3ccc(Cl)cc3N3CCCC3=O)ccc2N1. The average Bonchev–Trinajstić information content (AvgIpc) is 3.17. The van der Waals surface area contributed by atoms with Gasteiger partial charge in [0, 0.05) is 35.7 Å². The number of carbonyl (C=O) groups is 4. The van der Waals surface area contributed by atoms with Gasteiger partial charge in [0.15, 0.2) is 12.4 Å². The maximum Gasteiger partial charge on any atom is 0.340 e. The van der Waals surface area contributed by atoms with Gasteiger partial charge in [-0.3, -0.25) is 14.4 Å². The van der Waals surface area contributed by atoms with Crippen LogP contribution in [-0.4, -0.2) is 36.7 Å². The lowest BCUT2D eigenvalue weighted by Crippen LogP contribution is -2.26. The third-order valence-corrected chi connectivity index (χ3v) is 5.44. The summed E-state index contributed by atoms with van der Waals surface area (Å²) in [7, 11) is 0. The van der Waals surface area contributed by atoms with Gasteiger partial charge in [0.05, 0.1) is 11.3 Å². The van der Waals surface area contributed by atoms with Crippen LogP contribution in [0.3, 0.4) is 0 Å². The molecule has 2 aliphatic rings. The second-order valence-electron chi connectivity index (χ2n) is 7.23. The highest BCUT2D eigenvalue weighted by Crippen LogP contribution is 2.29. The highest BCUT2D eigenvalue weighted by Gasteiger charge is 2.27. The normalized spacial score (nSPS) is 15.6. The first-order chi connectivity index (χ1) is 14.4. The van der Waals surface area contributed by atoms with Crippen molar-refractivity contribution in [3.8, 4) is 0 Å².